The van der Waals surface area contributed by atoms with Gasteiger partial charge in [0.1, 0.15) is 11.6 Å². The van der Waals surface area contributed by atoms with Crippen LogP contribution < -0.4 is 5.73 Å². The highest BCUT2D eigenvalue weighted by Gasteiger charge is 2.18. The van der Waals surface area contributed by atoms with Gasteiger partial charge in [0.2, 0.25) is 0 Å². The Kier molecular flexibility index (Phi) is 2.87. The number of aromatic nitrogens is 2. The van der Waals surface area contributed by atoms with Crippen molar-refractivity contribution in [2.24, 2.45) is 5.73 Å². The molecule has 0 amide bonds. The normalized spacial score (nSPS) is 12.4. The Hall–Kier alpha value is -1.88. The molecule has 2 rings (SSSR count). The second-order valence-electron chi connectivity index (χ2n) is 3.24. The minimum Gasteiger partial charge on any atom is -0.319 e. The largest absolute Gasteiger partial charge is 0.319 e. The van der Waals surface area contributed by atoms with Gasteiger partial charge < -0.3 is 5.73 Å². The van der Waals surface area contributed by atoms with Crippen molar-refractivity contribution < 1.29 is 8.78 Å². The lowest BCUT2D eigenvalue weighted by Crippen LogP contribution is -2.17. The Labute approximate surface area is 91.0 Å². The van der Waals surface area contributed by atoms with Gasteiger partial charge in [-0.3, -0.25) is 9.97 Å². The number of halogens is 2. The van der Waals surface area contributed by atoms with Crippen LogP contribution in [-0.4, -0.2) is 9.97 Å². The summed E-state index contributed by atoms with van der Waals surface area (Å²) in [4.78, 5) is 7.72. The van der Waals surface area contributed by atoms with Crippen LogP contribution in [-0.2, 0) is 0 Å². The predicted molar refractivity (Wildman–Crippen MR) is 54.4 cm³/mol. The van der Waals surface area contributed by atoms with Crippen molar-refractivity contribution >= 4 is 0 Å². The van der Waals surface area contributed by atoms with Gasteiger partial charge in [-0.05, 0) is 12.1 Å². The van der Waals surface area contributed by atoms with Gasteiger partial charge >= 0.3 is 0 Å². The van der Waals surface area contributed by atoms with Gasteiger partial charge in [-0.1, -0.05) is 6.07 Å². The molecule has 0 saturated carbocycles. The van der Waals surface area contributed by atoms with E-state index < -0.39 is 17.7 Å². The number of hydrogen-bond donors (Lipinski definition) is 1. The molecule has 0 radical (unpaired) electrons. The molecule has 5 heteroatoms. The summed E-state index contributed by atoms with van der Waals surface area (Å²) in [5, 5.41) is 0. The molecule has 1 unspecified atom stereocenters. The van der Waals surface area contributed by atoms with Crippen LogP contribution in [0.25, 0.3) is 0 Å². The summed E-state index contributed by atoms with van der Waals surface area (Å²) < 4.78 is 26.8. The molecule has 1 heterocycles. The first-order valence-corrected chi connectivity index (χ1v) is 4.65. The Morgan fingerprint density at radius 2 is 1.81 bits per heavy atom. The summed E-state index contributed by atoms with van der Waals surface area (Å²) in [6.07, 6.45) is 4.28. The number of benzene rings is 1. The maximum Gasteiger partial charge on any atom is 0.131 e. The van der Waals surface area contributed by atoms with Crippen molar-refractivity contribution in [3.05, 3.63) is 59.7 Å². The van der Waals surface area contributed by atoms with Crippen LogP contribution in [0, 0.1) is 11.6 Å². The molecule has 0 fully saturated rings. The van der Waals surface area contributed by atoms with E-state index in [1.165, 1.54) is 24.7 Å². The minimum absolute atomic E-state index is 0.192. The monoisotopic (exact) mass is 221 g/mol. The van der Waals surface area contributed by atoms with Crippen molar-refractivity contribution in [2.45, 2.75) is 6.04 Å². The van der Waals surface area contributed by atoms with Gasteiger partial charge in [0.15, 0.2) is 0 Å². The second kappa shape index (κ2) is 4.32. The highest BCUT2D eigenvalue weighted by molar-refractivity contribution is 5.28. The van der Waals surface area contributed by atoms with E-state index in [2.05, 4.69) is 9.97 Å². The molecule has 3 nitrogen and oxygen atoms in total. The number of rotatable bonds is 2. The summed E-state index contributed by atoms with van der Waals surface area (Å²) in [6, 6.07) is 2.66. The predicted octanol–water partition coefficient (Wildman–Crippen LogP) is 1.80. The van der Waals surface area contributed by atoms with E-state index in [0.29, 0.717) is 5.69 Å². The fraction of sp³-hybridized carbons (Fsp3) is 0.0909. The van der Waals surface area contributed by atoms with E-state index in [1.54, 1.807) is 0 Å². The molecule has 0 saturated heterocycles. The van der Waals surface area contributed by atoms with Crippen molar-refractivity contribution in [2.75, 3.05) is 0 Å². The van der Waals surface area contributed by atoms with E-state index in [0.717, 1.165) is 12.1 Å². The van der Waals surface area contributed by atoms with Gasteiger partial charge in [-0.15, -0.1) is 0 Å². The number of nitrogens with two attached hydrogens (primary N) is 1. The molecule has 16 heavy (non-hydrogen) atoms. The Balaban J connectivity index is 2.46. The first kappa shape index (κ1) is 10.6. The lowest BCUT2D eigenvalue weighted by Gasteiger charge is -2.12. The number of hydrogen-bond acceptors (Lipinski definition) is 3. The smallest absolute Gasteiger partial charge is 0.131 e. The molecule has 0 aliphatic carbocycles. The van der Waals surface area contributed by atoms with Crippen LogP contribution >= 0.6 is 0 Å². The summed E-state index contributed by atoms with van der Waals surface area (Å²) in [7, 11) is 0. The van der Waals surface area contributed by atoms with E-state index in [1.807, 2.05) is 0 Å². The Morgan fingerprint density at radius 1 is 1.12 bits per heavy atom. The van der Waals surface area contributed by atoms with Crippen LogP contribution in [0.2, 0.25) is 0 Å². The molecular weight excluding hydrogens is 212 g/mol. The fourth-order valence-electron chi connectivity index (χ4n) is 1.43. The summed E-state index contributed by atoms with van der Waals surface area (Å²) >= 11 is 0. The van der Waals surface area contributed by atoms with E-state index in [4.69, 9.17) is 5.73 Å². The standard InChI is InChI=1S/C11H9F2N3/c12-7-2-1-3-8(13)10(7)11(14)9-6-15-4-5-16-9/h1-6,11H,14H2. The van der Waals surface area contributed by atoms with Gasteiger partial charge in [0.25, 0.3) is 0 Å². The van der Waals surface area contributed by atoms with Crippen molar-refractivity contribution in [1.29, 1.82) is 0 Å². The van der Waals surface area contributed by atoms with Crippen LogP contribution in [0.4, 0.5) is 8.78 Å². The van der Waals surface area contributed by atoms with Crippen LogP contribution in [0.15, 0.2) is 36.8 Å². The molecule has 2 aromatic rings. The fourth-order valence-corrected chi connectivity index (χ4v) is 1.43. The zero-order chi connectivity index (χ0) is 11.5. The molecular formula is C11H9F2N3. The molecule has 1 atom stereocenters. The molecule has 0 spiro atoms. The van der Waals surface area contributed by atoms with E-state index >= 15 is 0 Å². The van der Waals surface area contributed by atoms with Crippen LogP contribution in [0.1, 0.15) is 17.3 Å². The SMILES string of the molecule is NC(c1cnccn1)c1c(F)cccc1F. The zero-order valence-electron chi connectivity index (χ0n) is 8.27. The third-order valence-corrected chi connectivity index (χ3v) is 2.21. The first-order valence-electron chi connectivity index (χ1n) is 4.65. The first-order chi connectivity index (χ1) is 7.70. The van der Waals surface area contributed by atoms with Gasteiger partial charge in [0.05, 0.1) is 17.9 Å². The van der Waals surface area contributed by atoms with Gasteiger partial charge in [-0.25, -0.2) is 8.78 Å². The Morgan fingerprint density at radius 3 is 2.38 bits per heavy atom. The maximum absolute atomic E-state index is 13.4. The van der Waals surface area contributed by atoms with E-state index in [-0.39, 0.29) is 5.56 Å². The average Bonchev–Trinajstić information content (AvgIpc) is 2.30. The molecule has 2 N–H and O–H groups in total. The summed E-state index contributed by atoms with van der Waals surface area (Å²) in [5.41, 5.74) is 5.87. The molecule has 1 aromatic carbocycles. The third kappa shape index (κ3) is 1.90. The maximum atomic E-state index is 13.4. The quantitative estimate of drug-likeness (QED) is 0.841. The number of nitrogens with zero attached hydrogens (tertiary/aromatic N) is 2. The summed E-state index contributed by atoms with van der Waals surface area (Å²) in [5.74, 6) is -1.36. The second-order valence-corrected chi connectivity index (χ2v) is 3.24. The molecule has 0 aliphatic rings. The minimum atomic E-state index is -0.949. The molecule has 0 bridgehead atoms. The van der Waals surface area contributed by atoms with E-state index in [9.17, 15) is 8.78 Å². The topological polar surface area (TPSA) is 51.8 Å². The van der Waals surface area contributed by atoms with Gasteiger partial charge in [0, 0.05) is 18.0 Å². The highest BCUT2D eigenvalue weighted by Crippen LogP contribution is 2.22. The van der Waals surface area contributed by atoms with Crippen molar-refractivity contribution in [3.8, 4) is 0 Å². The highest BCUT2D eigenvalue weighted by atomic mass is 19.1. The van der Waals surface area contributed by atoms with Crippen LogP contribution in [0.5, 0.6) is 0 Å². The average molecular weight is 221 g/mol. The Bertz CT molecular complexity index is 468. The zero-order valence-corrected chi connectivity index (χ0v) is 8.27. The lowest BCUT2D eigenvalue weighted by molar-refractivity contribution is 0.540. The molecule has 0 aliphatic heterocycles. The lowest BCUT2D eigenvalue weighted by atomic mass is 10.0. The van der Waals surface area contributed by atoms with Crippen molar-refractivity contribution in [3.63, 3.8) is 0 Å². The third-order valence-electron chi connectivity index (χ3n) is 2.21. The van der Waals surface area contributed by atoms with Crippen LogP contribution in [0.3, 0.4) is 0 Å². The molecule has 82 valence electrons. The van der Waals surface area contributed by atoms with Gasteiger partial charge in [-0.2, -0.15) is 0 Å². The van der Waals surface area contributed by atoms with Crippen molar-refractivity contribution in [1.82, 2.24) is 9.97 Å². The molecule has 1 aromatic heterocycles. The summed E-state index contributed by atoms with van der Waals surface area (Å²) in [6.45, 7) is 0.